The molecule has 3 N–H and O–H groups in total. The van der Waals surface area contributed by atoms with Crippen LogP contribution in [0.1, 0.15) is 18.9 Å². The molecule has 2 rings (SSSR count). The third kappa shape index (κ3) is 3.75. The van der Waals surface area contributed by atoms with E-state index in [1.165, 1.54) is 0 Å². The van der Waals surface area contributed by atoms with E-state index in [0.717, 1.165) is 16.5 Å². The number of nitrogens with one attached hydrogen (secondary N) is 2. The van der Waals surface area contributed by atoms with Gasteiger partial charge in [0, 0.05) is 36.7 Å². The van der Waals surface area contributed by atoms with Crippen LogP contribution in [0.3, 0.4) is 0 Å². The van der Waals surface area contributed by atoms with Crippen LogP contribution < -0.4 is 5.32 Å². The summed E-state index contributed by atoms with van der Waals surface area (Å²) in [5.41, 5.74) is 2.08. The standard InChI is InChI=1S/C15H19N3O3/c1-2-18(15(21)16-8-7-14(19)20)10-11-9-17-13-6-4-3-5-12(11)13/h3-6,9,17H,2,7-8,10H2,1H3,(H,16,21)(H,19,20). The molecule has 1 aromatic heterocycles. The van der Waals surface area contributed by atoms with Crippen molar-refractivity contribution in [1.82, 2.24) is 15.2 Å². The van der Waals surface area contributed by atoms with Gasteiger partial charge in [0.25, 0.3) is 0 Å². The molecule has 0 aliphatic rings. The number of carbonyl (C=O) groups excluding carboxylic acids is 1. The molecule has 0 saturated heterocycles. The highest BCUT2D eigenvalue weighted by molar-refractivity contribution is 5.83. The molecular formula is C15H19N3O3. The molecule has 0 spiro atoms. The molecule has 6 heteroatoms. The minimum atomic E-state index is -0.921. The summed E-state index contributed by atoms with van der Waals surface area (Å²) in [6.45, 7) is 3.07. The van der Waals surface area contributed by atoms with E-state index in [-0.39, 0.29) is 19.0 Å². The van der Waals surface area contributed by atoms with Crippen molar-refractivity contribution < 1.29 is 14.7 Å². The van der Waals surface area contributed by atoms with Crippen molar-refractivity contribution >= 4 is 22.9 Å². The molecule has 6 nitrogen and oxygen atoms in total. The second-order valence-corrected chi connectivity index (χ2v) is 4.75. The zero-order valence-electron chi connectivity index (χ0n) is 11.9. The Morgan fingerprint density at radius 2 is 2.10 bits per heavy atom. The second-order valence-electron chi connectivity index (χ2n) is 4.75. The third-order valence-electron chi connectivity index (χ3n) is 3.32. The molecule has 1 heterocycles. The summed E-state index contributed by atoms with van der Waals surface area (Å²) in [6.07, 6.45) is 1.83. The fourth-order valence-corrected chi connectivity index (χ4v) is 2.18. The van der Waals surface area contributed by atoms with Crippen LogP contribution in [0.2, 0.25) is 0 Å². The van der Waals surface area contributed by atoms with Crippen LogP contribution in [0, 0.1) is 0 Å². The fraction of sp³-hybridized carbons (Fsp3) is 0.333. The first-order chi connectivity index (χ1) is 10.1. The number of rotatable bonds is 6. The Morgan fingerprint density at radius 1 is 1.33 bits per heavy atom. The van der Waals surface area contributed by atoms with E-state index >= 15 is 0 Å². The van der Waals surface area contributed by atoms with Gasteiger partial charge in [-0.3, -0.25) is 4.79 Å². The van der Waals surface area contributed by atoms with E-state index < -0.39 is 5.97 Å². The van der Waals surface area contributed by atoms with Crippen LogP contribution in [0.5, 0.6) is 0 Å². The highest BCUT2D eigenvalue weighted by atomic mass is 16.4. The van der Waals surface area contributed by atoms with Gasteiger partial charge in [0.1, 0.15) is 0 Å². The monoisotopic (exact) mass is 289 g/mol. The highest BCUT2D eigenvalue weighted by Crippen LogP contribution is 2.19. The van der Waals surface area contributed by atoms with Gasteiger partial charge in [-0.1, -0.05) is 18.2 Å². The Hall–Kier alpha value is -2.50. The van der Waals surface area contributed by atoms with Gasteiger partial charge in [0.05, 0.1) is 6.42 Å². The van der Waals surface area contributed by atoms with E-state index in [9.17, 15) is 9.59 Å². The summed E-state index contributed by atoms with van der Waals surface area (Å²) in [6, 6.07) is 7.67. The van der Waals surface area contributed by atoms with Crippen molar-refractivity contribution in [1.29, 1.82) is 0 Å². The summed E-state index contributed by atoms with van der Waals surface area (Å²) >= 11 is 0. The first-order valence-electron chi connectivity index (χ1n) is 6.91. The van der Waals surface area contributed by atoms with E-state index in [1.807, 2.05) is 37.4 Å². The quantitative estimate of drug-likeness (QED) is 0.762. The lowest BCUT2D eigenvalue weighted by Crippen LogP contribution is -2.40. The number of benzene rings is 1. The zero-order valence-corrected chi connectivity index (χ0v) is 11.9. The van der Waals surface area contributed by atoms with Gasteiger partial charge < -0.3 is 20.3 Å². The Labute approximate surface area is 122 Å². The van der Waals surface area contributed by atoms with Gasteiger partial charge in [-0.2, -0.15) is 0 Å². The molecule has 0 saturated carbocycles. The van der Waals surface area contributed by atoms with Crippen molar-refractivity contribution in [3.05, 3.63) is 36.0 Å². The molecule has 0 aliphatic heterocycles. The van der Waals surface area contributed by atoms with E-state index in [2.05, 4.69) is 10.3 Å². The number of carbonyl (C=O) groups is 2. The molecule has 0 unspecified atom stereocenters. The number of aromatic amines is 1. The first kappa shape index (κ1) is 14.9. The number of nitrogens with zero attached hydrogens (tertiary/aromatic N) is 1. The average Bonchev–Trinajstić information content (AvgIpc) is 2.87. The molecule has 1 aromatic carbocycles. The molecule has 0 atom stereocenters. The zero-order chi connectivity index (χ0) is 15.2. The molecule has 2 aromatic rings. The summed E-state index contributed by atoms with van der Waals surface area (Å²) < 4.78 is 0. The predicted octanol–water partition coefficient (Wildman–Crippen LogP) is 2.17. The van der Waals surface area contributed by atoms with Gasteiger partial charge in [-0.15, -0.1) is 0 Å². The minimum Gasteiger partial charge on any atom is -0.481 e. The lowest BCUT2D eigenvalue weighted by Gasteiger charge is -2.21. The Balaban J connectivity index is 2.01. The number of H-pyrrole nitrogens is 1. The smallest absolute Gasteiger partial charge is 0.317 e. The Kier molecular flexibility index (Phi) is 4.81. The number of carboxylic acid groups (broad SMARTS) is 1. The fourth-order valence-electron chi connectivity index (χ4n) is 2.18. The summed E-state index contributed by atoms with van der Waals surface area (Å²) in [4.78, 5) is 27.3. The molecule has 0 bridgehead atoms. The molecule has 0 aliphatic carbocycles. The maximum atomic E-state index is 12.0. The van der Waals surface area contributed by atoms with Crippen LogP contribution in [0.15, 0.2) is 30.5 Å². The minimum absolute atomic E-state index is 0.0730. The number of hydrogen-bond donors (Lipinski definition) is 3. The average molecular weight is 289 g/mol. The topological polar surface area (TPSA) is 85.4 Å². The van der Waals surface area contributed by atoms with Gasteiger partial charge in [-0.05, 0) is 18.6 Å². The number of amides is 2. The highest BCUT2D eigenvalue weighted by Gasteiger charge is 2.14. The second kappa shape index (κ2) is 6.78. The number of urea groups is 1. The molecule has 2 amide bonds. The lowest BCUT2D eigenvalue weighted by molar-refractivity contribution is -0.136. The maximum Gasteiger partial charge on any atom is 0.317 e. The predicted molar refractivity (Wildman–Crippen MR) is 80.0 cm³/mol. The Bertz CT molecular complexity index is 636. The van der Waals surface area contributed by atoms with E-state index in [4.69, 9.17) is 5.11 Å². The van der Waals surface area contributed by atoms with Crippen LogP contribution in [0.25, 0.3) is 10.9 Å². The van der Waals surface area contributed by atoms with Crippen molar-refractivity contribution in [3.63, 3.8) is 0 Å². The first-order valence-corrected chi connectivity index (χ1v) is 6.91. The largest absolute Gasteiger partial charge is 0.481 e. The molecule has 21 heavy (non-hydrogen) atoms. The van der Waals surface area contributed by atoms with Crippen molar-refractivity contribution in [3.8, 4) is 0 Å². The maximum absolute atomic E-state index is 12.0. The number of carboxylic acids is 1. The number of hydrogen-bond acceptors (Lipinski definition) is 2. The lowest BCUT2D eigenvalue weighted by atomic mass is 10.1. The van der Waals surface area contributed by atoms with Gasteiger partial charge in [0.2, 0.25) is 0 Å². The number of para-hydroxylation sites is 1. The summed E-state index contributed by atoms with van der Waals surface area (Å²) in [5.74, 6) is -0.921. The van der Waals surface area contributed by atoms with E-state index in [0.29, 0.717) is 13.1 Å². The molecule has 0 fully saturated rings. The Morgan fingerprint density at radius 3 is 2.81 bits per heavy atom. The van der Waals surface area contributed by atoms with Gasteiger partial charge >= 0.3 is 12.0 Å². The van der Waals surface area contributed by atoms with Crippen LogP contribution in [-0.2, 0) is 11.3 Å². The summed E-state index contributed by atoms with van der Waals surface area (Å²) in [5, 5.41) is 12.3. The SMILES string of the molecule is CCN(Cc1c[nH]c2ccccc12)C(=O)NCCC(=O)O. The van der Waals surface area contributed by atoms with Crippen LogP contribution in [-0.4, -0.2) is 40.1 Å². The van der Waals surface area contributed by atoms with Crippen molar-refractivity contribution in [2.45, 2.75) is 19.9 Å². The number of fused-ring (bicyclic) bond motifs is 1. The molecule has 112 valence electrons. The molecular weight excluding hydrogens is 270 g/mol. The van der Waals surface area contributed by atoms with Crippen LogP contribution >= 0.6 is 0 Å². The van der Waals surface area contributed by atoms with Crippen LogP contribution in [0.4, 0.5) is 4.79 Å². The van der Waals surface area contributed by atoms with E-state index in [1.54, 1.807) is 4.90 Å². The summed E-state index contributed by atoms with van der Waals surface area (Å²) in [7, 11) is 0. The van der Waals surface area contributed by atoms with Gasteiger partial charge in [0.15, 0.2) is 0 Å². The van der Waals surface area contributed by atoms with Gasteiger partial charge in [-0.25, -0.2) is 4.79 Å². The van der Waals surface area contributed by atoms with Crippen molar-refractivity contribution in [2.75, 3.05) is 13.1 Å². The third-order valence-corrected chi connectivity index (χ3v) is 3.32. The van der Waals surface area contributed by atoms with Crippen molar-refractivity contribution in [2.24, 2.45) is 0 Å². The number of aliphatic carboxylic acids is 1. The molecule has 0 radical (unpaired) electrons. The normalized spacial score (nSPS) is 10.5. The number of aromatic nitrogens is 1.